The Morgan fingerprint density at radius 2 is 1.75 bits per heavy atom. The first-order valence-corrected chi connectivity index (χ1v) is 6.95. The molecule has 2 aliphatic carbocycles. The van der Waals surface area contributed by atoms with Crippen LogP contribution < -0.4 is 5.73 Å². The second kappa shape index (κ2) is 4.30. The Labute approximate surface area is 99.6 Å². The highest BCUT2D eigenvalue weighted by Gasteiger charge is 2.52. The summed E-state index contributed by atoms with van der Waals surface area (Å²) in [6, 6.07) is 0. The van der Waals surface area contributed by atoms with Crippen LogP contribution >= 0.6 is 0 Å². The average molecular weight is 225 g/mol. The zero-order chi connectivity index (χ0) is 11.8. The van der Waals surface area contributed by atoms with E-state index in [1.54, 1.807) is 0 Å². The van der Waals surface area contributed by atoms with E-state index in [4.69, 9.17) is 5.73 Å². The molecule has 0 saturated heterocycles. The Balaban J connectivity index is 2.17. The lowest BCUT2D eigenvalue weighted by Crippen LogP contribution is -2.54. The monoisotopic (exact) mass is 225 g/mol. The van der Waals surface area contributed by atoms with E-state index in [0.717, 1.165) is 31.6 Å². The summed E-state index contributed by atoms with van der Waals surface area (Å²) in [7, 11) is 0. The first-order chi connectivity index (χ1) is 7.53. The largest absolute Gasteiger partial charge is 0.389 e. The van der Waals surface area contributed by atoms with Crippen molar-refractivity contribution < 1.29 is 5.11 Å². The summed E-state index contributed by atoms with van der Waals surface area (Å²) in [6.45, 7) is 5.27. The summed E-state index contributed by atoms with van der Waals surface area (Å²) in [5.74, 6) is 1.40. The maximum Gasteiger partial charge on any atom is 0.0718 e. The van der Waals surface area contributed by atoms with Gasteiger partial charge in [-0.05, 0) is 43.9 Å². The van der Waals surface area contributed by atoms with E-state index in [1.165, 1.54) is 19.3 Å². The van der Waals surface area contributed by atoms with Crippen LogP contribution in [0.4, 0.5) is 0 Å². The highest BCUT2D eigenvalue weighted by molar-refractivity contribution is 5.04. The zero-order valence-electron chi connectivity index (χ0n) is 10.8. The summed E-state index contributed by atoms with van der Waals surface area (Å²) in [5.41, 5.74) is 5.58. The third kappa shape index (κ3) is 1.80. The predicted octanol–water partition coefficient (Wildman–Crippen LogP) is 2.69. The predicted molar refractivity (Wildman–Crippen MR) is 67.1 cm³/mol. The fourth-order valence-corrected chi connectivity index (χ4v) is 3.98. The topological polar surface area (TPSA) is 46.2 Å². The van der Waals surface area contributed by atoms with Gasteiger partial charge in [-0.1, -0.05) is 26.7 Å². The molecule has 2 rings (SSSR count). The third-order valence-electron chi connectivity index (χ3n) is 5.58. The molecule has 94 valence electrons. The molecule has 0 aliphatic heterocycles. The van der Waals surface area contributed by atoms with Crippen LogP contribution in [0.3, 0.4) is 0 Å². The van der Waals surface area contributed by atoms with E-state index in [2.05, 4.69) is 13.8 Å². The SMILES string of the molecule is CC1CCC(O)(C2(CN)CCCC2)CC1C. The van der Waals surface area contributed by atoms with E-state index in [-0.39, 0.29) is 5.41 Å². The molecule has 3 unspecified atom stereocenters. The normalized spacial score (nSPS) is 43.5. The molecule has 2 aliphatic rings. The van der Waals surface area contributed by atoms with Crippen LogP contribution in [0.2, 0.25) is 0 Å². The van der Waals surface area contributed by atoms with Crippen molar-refractivity contribution in [3.63, 3.8) is 0 Å². The summed E-state index contributed by atoms with van der Waals surface area (Å²) in [5, 5.41) is 11.0. The molecule has 0 aromatic rings. The van der Waals surface area contributed by atoms with Crippen LogP contribution in [0.25, 0.3) is 0 Å². The Hall–Kier alpha value is -0.0800. The van der Waals surface area contributed by atoms with E-state index in [0.29, 0.717) is 12.5 Å². The van der Waals surface area contributed by atoms with Crippen molar-refractivity contribution in [3.05, 3.63) is 0 Å². The molecule has 3 N–H and O–H groups in total. The molecule has 3 atom stereocenters. The minimum absolute atomic E-state index is 0.0431. The Bertz CT molecular complexity index is 247. The summed E-state index contributed by atoms with van der Waals surface area (Å²) in [6.07, 6.45) is 7.88. The van der Waals surface area contributed by atoms with Gasteiger partial charge in [-0.25, -0.2) is 0 Å². The molecule has 0 amide bonds. The smallest absolute Gasteiger partial charge is 0.0718 e. The van der Waals surface area contributed by atoms with Gasteiger partial charge in [0.25, 0.3) is 0 Å². The molecular weight excluding hydrogens is 198 g/mol. The van der Waals surface area contributed by atoms with Crippen LogP contribution in [-0.4, -0.2) is 17.3 Å². The second-order valence-corrected chi connectivity index (χ2v) is 6.42. The van der Waals surface area contributed by atoms with Gasteiger partial charge in [0.05, 0.1) is 5.60 Å². The summed E-state index contributed by atoms with van der Waals surface area (Å²) < 4.78 is 0. The standard InChI is InChI=1S/C14H27NO/c1-11-5-8-14(16,9-12(11)2)13(10-15)6-3-4-7-13/h11-12,16H,3-10,15H2,1-2H3. The molecule has 2 saturated carbocycles. The van der Waals surface area contributed by atoms with Gasteiger partial charge >= 0.3 is 0 Å². The van der Waals surface area contributed by atoms with Gasteiger partial charge in [0, 0.05) is 12.0 Å². The second-order valence-electron chi connectivity index (χ2n) is 6.42. The van der Waals surface area contributed by atoms with Crippen molar-refractivity contribution in [1.82, 2.24) is 0 Å². The fraction of sp³-hybridized carbons (Fsp3) is 1.00. The minimum Gasteiger partial charge on any atom is -0.389 e. The van der Waals surface area contributed by atoms with Crippen LogP contribution in [0.5, 0.6) is 0 Å². The van der Waals surface area contributed by atoms with Crippen molar-refractivity contribution >= 4 is 0 Å². The number of rotatable bonds is 2. The molecular formula is C14H27NO. The number of hydrogen-bond acceptors (Lipinski definition) is 2. The summed E-state index contributed by atoms with van der Waals surface area (Å²) >= 11 is 0. The first kappa shape index (κ1) is 12.4. The van der Waals surface area contributed by atoms with Crippen molar-refractivity contribution in [3.8, 4) is 0 Å². The highest BCUT2D eigenvalue weighted by atomic mass is 16.3. The van der Waals surface area contributed by atoms with Crippen LogP contribution in [-0.2, 0) is 0 Å². The van der Waals surface area contributed by atoms with Gasteiger partial charge in [0.2, 0.25) is 0 Å². The van der Waals surface area contributed by atoms with Crippen LogP contribution in [0.1, 0.15) is 58.8 Å². The molecule has 0 radical (unpaired) electrons. The quantitative estimate of drug-likeness (QED) is 0.759. The van der Waals surface area contributed by atoms with Gasteiger partial charge < -0.3 is 10.8 Å². The van der Waals surface area contributed by atoms with E-state index in [9.17, 15) is 5.11 Å². The van der Waals surface area contributed by atoms with Crippen LogP contribution in [0, 0.1) is 17.3 Å². The van der Waals surface area contributed by atoms with Gasteiger partial charge in [-0.3, -0.25) is 0 Å². The number of aliphatic hydroxyl groups is 1. The van der Waals surface area contributed by atoms with Gasteiger partial charge in [-0.2, -0.15) is 0 Å². The van der Waals surface area contributed by atoms with Gasteiger partial charge in [0.15, 0.2) is 0 Å². The molecule has 2 fully saturated rings. The molecule has 0 aromatic carbocycles. The molecule has 16 heavy (non-hydrogen) atoms. The molecule has 0 spiro atoms. The zero-order valence-corrected chi connectivity index (χ0v) is 10.8. The fourth-order valence-electron chi connectivity index (χ4n) is 3.98. The van der Waals surface area contributed by atoms with Gasteiger partial charge in [-0.15, -0.1) is 0 Å². The lowest BCUT2D eigenvalue weighted by molar-refractivity contribution is -0.123. The van der Waals surface area contributed by atoms with Crippen molar-refractivity contribution in [2.75, 3.05) is 6.54 Å². The molecule has 0 heterocycles. The lowest BCUT2D eigenvalue weighted by atomic mass is 9.60. The maximum atomic E-state index is 11.0. The van der Waals surface area contributed by atoms with Crippen molar-refractivity contribution in [2.45, 2.75) is 64.4 Å². The minimum atomic E-state index is -0.468. The van der Waals surface area contributed by atoms with E-state index in [1.807, 2.05) is 0 Å². The lowest BCUT2D eigenvalue weighted by Gasteiger charge is -2.50. The van der Waals surface area contributed by atoms with Gasteiger partial charge in [0.1, 0.15) is 0 Å². The Morgan fingerprint density at radius 3 is 2.25 bits per heavy atom. The third-order valence-corrected chi connectivity index (χ3v) is 5.58. The summed E-state index contributed by atoms with van der Waals surface area (Å²) in [4.78, 5) is 0. The van der Waals surface area contributed by atoms with Crippen LogP contribution in [0.15, 0.2) is 0 Å². The van der Waals surface area contributed by atoms with E-state index < -0.39 is 5.60 Å². The maximum absolute atomic E-state index is 11.0. The Morgan fingerprint density at radius 1 is 1.12 bits per heavy atom. The number of hydrogen-bond donors (Lipinski definition) is 2. The molecule has 2 heteroatoms. The highest BCUT2D eigenvalue weighted by Crippen LogP contribution is 2.53. The van der Waals surface area contributed by atoms with E-state index >= 15 is 0 Å². The first-order valence-electron chi connectivity index (χ1n) is 6.95. The van der Waals surface area contributed by atoms with Crippen molar-refractivity contribution in [1.29, 1.82) is 0 Å². The molecule has 2 nitrogen and oxygen atoms in total. The Kier molecular flexibility index (Phi) is 3.33. The molecule has 0 bridgehead atoms. The molecule has 0 aromatic heterocycles. The number of nitrogens with two attached hydrogens (primary N) is 1. The van der Waals surface area contributed by atoms with Crippen molar-refractivity contribution in [2.24, 2.45) is 23.0 Å². The average Bonchev–Trinajstić information content (AvgIpc) is 2.74.